The van der Waals surface area contributed by atoms with Crippen molar-refractivity contribution in [3.8, 4) is 0 Å². The quantitative estimate of drug-likeness (QED) is 0.438. The Labute approximate surface area is 197 Å². The molecule has 1 aliphatic heterocycles. The number of rotatable bonds is 6. The molecule has 3 aromatic heterocycles. The van der Waals surface area contributed by atoms with E-state index in [4.69, 9.17) is 4.74 Å². The molecule has 178 valence electrons. The van der Waals surface area contributed by atoms with Crippen LogP contribution in [-0.4, -0.2) is 36.9 Å². The maximum absolute atomic E-state index is 13.7. The van der Waals surface area contributed by atoms with Crippen LogP contribution in [-0.2, 0) is 17.8 Å². The lowest BCUT2D eigenvalue weighted by Gasteiger charge is -2.23. The number of aryl methyl sites for hydroxylation is 2. The Bertz CT molecular complexity index is 1460. The molecule has 1 saturated heterocycles. The van der Waals surface area contributed by atoms with E-state index in [2.05, 4.69) is 28.4 Å². The minimum Gasteiger partial charge on any atom is -0.381 e. The molecule has 0 unspecified atom stereocenters. The van der Waals surface area contributed by atoms with Gasteiger partial charge in [0.1, 0.15) is 5.82 Å². The summed E-state index contributed by atoms with van der Waals surface area (Å²) in [5.41, 5.74) is 3.06. The lowest BCUT2D eigenvalue weighted by atomic mass is 10.1. The zero-order chi connectivity index (χ0) is 23.8. The fraction of sp³-hybridized carbons (Fsp3) is 0.462. The van der Waals surface area contributed by atoms with Gasteiger partial charge in [-0.2, -0.15) is 4.98 Å². The van der Waals surface area contributed by atoms with Crippen LogP contribution in [0, 0.1) is 12.8 Å². The van der Waals surface area contributed by atoms with Crippen LogP contribution < -0.4 is 11.2 Å². The molecule has 8 nitrogen and oxygen atoms in total. The maximum Gasteiger partial charge on any atom is 0.329 e. The highest BCUT2D eigenvalue weighted by molar-refractivity contribution is 5.81. The van der Waals surface area contributed by atoms with E-state index in [0.29, 0.717) is 30.3 Å². The van der Waals surface area contributed by atoms with Gasteiger partial charge in [-0.25, -0.2) is 4.79 Å². The van der Waals surface area contributed by atoms with Gasteiger partial charge in [0.25, 0.3) is 5.56 Å². The molecule has 4 heterocycles. The van der Waals surface area contributed by atoms with E-state index >= 15 is 0 Å². The van der Waals surface area contributed by atoms with Crippen molar-refractivity contribution in [1.29, 1.82) is 0 Å². The smallest absolute Gasteiger partial charge is 0.329 e. The fourth-order valence-corrected chi connectivity index (χ4v) is 5.00. The highest BCUT2D eigenvalue weighted by Crippen LogP contribution is 2.25. The highest BCUT2D eigenvalue weighted by atomic mass is 16.5. The largest absolute Gasteiger partial charge is 0.381 e. The Hall–Kier alpha value is -3.26. The molecule has 1 fully saturated rings. The average molecular weight is 462 g/mol. The molecule has 0 spiro atoms. The van der Waals surface area contributed by atoms with Gasteiger partial charge >= 0.3 is 5.69 Å². The van der Waals surface area contributed by atoms with Crippen LogP contribution in [0.4, 0.5) is 0 Å². The van der Waals surface area contributed by atoms with Gasteiger partial charge in [0.15, 0.2) is 0 Å². The van der Waals surface area contributed by atoms with Crippen molar-refractivity contribution in [2.75, 3.05) is 13.2 Å². The number of aromatic nitrogens is 5. The van der Waals surface area contributed by atoms with E-state index in [-0.39, 0.29) is 23.8 Å². The maximum atomic E-state index is 13.7. The van der Waals surface area contributed by atoms with Crippen LogP contribution in [0.2, 0.25) is 0 Å². The molecule has 0 amide bonds. The summed E-state index contributed by atoms with van der Waals surface area (Å²) >= 11 is 0. The van der Waals surface area contributed by atoms with Crippen LogP contribution in [0.5, 0.6) is 0 Å². The molecule has 5 rings (SSSR count). The summed E-state index contributed by atoms with van der Waals surface area (Å²) in [6, 6.07) is 7.87. The number of ether oxygens (including phenoxy) is 1. The predicted octanol–water partition coefficient (Wildman–Crippen LogP) is 3.66. The summed E-state index contributed by atoms with van der Waals surface area (Å²) in [4.78, 5) is 35.6. The standard InChI is InChI=1S/C26H31N5O3/c1-17(2)8-12-29-21-6-4-5-18(3)24(21)25(32)28-23(29)16-30-22-15-27-11-7-20(22)31(26(30)33)19-9-13-34-14-10-19/h4-7,11,15,17,19H,8-10,12-14,16H2,1-3H3. The zero-order valence-electron chi connectivity index (χ0n) is 20.0. The van der Waals surface area contributed by atoms with Crippen molar-refractivity contribution < 1.29 is 4.74 Å². The first kappa shape index (κ1) is 22.5. The third-order valence-corrected chi connectivity index (χ3v) is 6.85. The van der Waals surface area contributed by atoms with Gasteiger partial charge in [-0.05, 0) is 49.8 Å². The second-order valence-electron chi connectivity index (χ2n) is 9.58. The second-order valence-corrected chi connectivity index (χ2v) is 9.58. The van der Waals surface area contributed by atoms with Gasteiger partial charge in [0.2, 0.25) is 0 Å². The summed E-state index contributed by atoms with van der Waals surface area (Å²) < 4.78 is 11.2. The minimum absolute atomic E-state index is 0.0859. The highest BCUT2D eigenvalue weighted by Gasteiger charge is 2.24. The van der Waals surface area contributed by atoms with Gasteiger partial charge in [-0.1, -0.05) is 26.0 Å². The number of hydrogen-bond donors (Lipinski definition) is 0. The summed E-state index contributed by atoms with van der Waals surface area (Å²) in [5.74, 6) is 1.09. The van der Waals surface area contributed by atoms with Crippen molar-refractivity contribution in [1.82, 2.24) is 23.7 Å². The zero-order valence-corrected chi connectivity index (χ0v) is 20.0. The first-order chi connectivity index (χ1) is 16.5. The SMILES string of the molecule is Cc1cccc2c1c(=O)nc(Cn1c(=O)n(C3CCOCC3)c3ccncc31)n2CCC(C)C. The molecule has 0 aliphatic carbocycles. The molecule has 0 bridgehead atoms. The van der Waals surface area contributed by atoms with Crippen molar-refractivity contribution in [2.24, 2.45) is 5.92 Å². The van der Waals surface area contributed by atoms with E-state index in [1.807, 2.05) is 35.8 Å². The lowest BCUT2D eigenvalue weighted by molar-refractivity contribution is 0.0696. The molecule has 34 heavy (non-hydrogen) atoms. The lowest BCUT2D eigenvalue weighted by Crippen LogP contribution is -2.32. The van der Waals surface area contributed by atoms with E-state index in [1.165, 1.54) is 0 Å². The van der Waals surface area contributed by atoms with E-state index in [0.717, 1.165) is 47.9 Å². The second kappa shape index (κ2) is 9.18. The Kier molecular flexibility index (Phi) is 6.08. The Balaban J connectivity index is 1.68. The average Bonchev–Trinajstić information content (AvgIpc) is 3.10. The monoisotopic (exact) mass is 461 g/mol. The van der Waals surface area contributed by atoms with Gasteiger partial charge in [-0.3, -0.25) is 18.9 Å². The van der Waals surface area contributed by atoms with Gasteiger partial charge in [0.05, 0.1) is 34.7 Å². The number of pyridine rings is 1. The molecule has 1 aliphatic rings. The van der Waals surface area contributed by atoms with Crippen LogP contribution in [0.3, 0.4) is 0 Å². The minimum atomic E-state index is -0.247. The third kappa shape index (κ3) is 3.96. The summed E-state index contributed by atoms with van der Waals surface area (Å²) in [7, 11) is 0. The molecule has 0 saturated carbocycles. The van der Waals surface area contributed by atoms with Gasteiger partial charge < -0.3 is 9.30 Å². The number of benzene rings is 1. The summed E-state index contributed by atoms with van der Waals surface area (Å²) in [6.45, 7) is 8.54. The first-order valence-corrected chi connectivity index (χ1v) is 12.1. The van der Waals surface area contributed by atoms with Crippen LogP contribution in [0.15, 0.2) is 46.2 Å². The first-order valence-electron chi connectivity index (χ1n) is 12.1. The van der Waals surface area contributed by atoms with Crippen molar-refractivity contribution in [3.05, 3.63) is 68.9 Å². The molecule has 0 N–H and O–H groups in total. The Morgan fingerprint density at radius 1 is 1.06 bits per heavy atom. The number of nitrogens with zero attached hydrogens (tertiary/aromatic N) is 5. The number of fused-ring (bicyclic) bond motifs is 2. The van der Waals surface area contributed by atoms with Gasteiger partial charge in [0, 0.05) is 32.0 Å². The van der Waals surface area contributed by atoms with Gasteiger partial charge in [-0.15, -0.1) is 0 Å². The number of imidazole rings is 1. The number of hydrogen-bond acceptors (Lipinski definition) is 5. The van der Waals surface area contributed by atoms with Crippen molar-refractivity contribution in [3.63, 3.8) is 0 Å². The summed E-state index contributed by atoms with van der Waals surface area (Å²) in [5, 5.41) is 0.647. The van der Waals surface area contributed by atoms with Crippen LogP contribution >= 0.6 is 0 Å². The molecular formula is C26H31N5O3. The molecule has 1 aromatic carbocycles. The molecule has 8 heteroatoms. The fourth-order valence-electron chi connectivity index (χ4n) is 5.00. The van der Waals surface area contributed by atoms with Crippen LogP contribution in [0.1, 0.15) is 50.5 Å². The normalized spacial score (nSPS) is 15.1. The van der Waals surface area contributed by atoms with E-state index < -0.39 is 0 Å². The molecule has 0 radical (unpaired) electrons. The predicted molar refractivity (Wildman–Crippen MR) is 132 cm³/mol. The van der Waals surface area contributed by atoms with Crippen molar-refractivity contribution >= 4 is 21.9 Å². The van der Waals surface area contributed by atoms with Crippen LogP contribution in [0.25, 0.3) is 21.9 Å². The molecule has 4 aromatic rings. The topological polar surface area (TPSA) is 83.9 Å². The van der Waals surface area contributed by atoms with E-state index in [1.54, 1.807) is 17.0 Å². The third-order valence-electron chi connectivity index (χ3n) is 6.85. The Morgan fingerprint density at radius 3 is 2.62 bits per heavy atom. The molecular weight excluding hydrogens is 430 g/mol. The molecule has 0 atom stereocenters. The van der Waals surface area contributed by atoms with Crippen molar-refractivity contribution in [2.45, 2.75) is 59.2 Å². The van der Waals surface area contributed by atoms with E-state index in [9.17, 15) is 9.59 Å². The Morgan fingerprint density at radius 2 is 1.85 bits per heavy atom. The summed E-state index contributed by atoms with van der Waals surface area (Å²) in [6.07, 6.45) is 5.99.